The highest BCUT2D eigenvalue weighted by Crippen LogP contribution is 2.42. The second-order valence-corrected chi connectivity index (χ2v) is 7.29. The number of piperidine rings is 1. The average Bonchev–Trinajstić information content (AvgIpc) is 2.54. The molecule has 124 valence electrons. The molecule has 4 heteroatoms. The topological polar surface area (TPSA) is 35.9 Å². The predicted molar refractivity (Wildman–Crippen MR) is 87.6 cm³/mol. The molecular weight excluding hydrogens is 276 g/mol. The largest absolute Gasteiger partial charge is 0.379 e. The molecule has 1 aliphatic carbocycles. The number of hydrogen-bond donors (Lipinski definition) is 1. The third-order valence-corrected chi connectivity index (χ3v) is 5.88. The third-order valence-electron chi connectivity index (χ3n) is 5.88. The normalized spacial score (nSPS) is 40.6. The van der Waals surface area contributed by atoms with Gasteiger partial charge >= 0.3 is 0 Å². The van der Waals surface area contributed by atoms with E-state index in [1.807, 2.05) is 0 Å². The van der Waals surface area contributed by atoms with Crippen LogP contribution < -0.4 is 0 Å². The van der Waals surface area contributed by atoms with Crippen molar-refractivity contribution in [3.05, 3.63) is 0 Å². The quantitative estimate of drug-likeness (QED) is 0.742. The Kier molecular flexibility index (Phi) is 5.09. The van der Waals surface area contributed by atoms with Crippen molar-refractivity contribution in [1.82, 2.24) is 9.80 Å². The molecule has 1 saturated carbocycles. The lowest BCUT2D eigenvalue weighted by Gasteiger charge is -2.52. The molecule has 2 aliphatic heterocycles. The minimum atomic E-state index is -0.788. The van der Waals surface area contributed by atoms with Crippen LogP contribution in [0, 0.1) is 17.8 Å². The van der Waals surface area contributed by atoms with Gasteiger partial charge in [0.15, 0.2) is 0 Å². The number of rotatable bonds is 1. The first-order chi connectivity index (χ1) is 10.6. The van der Waals surface area contributed by atoms with Gasteiger partial charge in [0.05, 0.1) is 19.8 Å². The van der Waals surface area contributed by atoms with E-state index in [1.165, 1.54) is 19.3 Å². The zero-order chi connectivity index (χ0) is 15.6. The molecule has 4 atom stereocenters. The Hall–Kier alpha value is -0.600. The van der Waals surface area contributed by atoms with E-state index in [1.54, 1.807) is 0 Å². The second kappa shape index (κ2) is 6.88. The summed E-state index contributed by atoms with van der Waals surface area (Å²) in [5, 5.41) is 11.2. The molecule has 0 aromatic carbocycles. The molecule has 4 nitrogen and oxygen atoms in total. The van der Waals surface area contributed by atoms with Crippen LogP contribution >= 0.6 is 0 Å². The number of fused-ring (bicyclic) bond motifs is 1. The molecule has 22 heavy (non-hydrogen) atoms. The Balaban J connectivity index is 1.69. The summed E-state index contributed by atoms with van der Waals surface area (Å²) < 4.78 is 5.37. The molecule has 3 fully saturated rings. The maximum atomic E-state index is 11.2. The molecule has 0 aromatic heterocycles. The molecule has 0 radical (unpaired) electrons. The number of hydrogen-bond acceptors (Lipinski definition) is 4. The van der Waals surface area contributed by atoms with Gasteiger partial charge in [-0.2, -0.15) is 0 Å². The first-order valence-corrected chi connectivity index (χ1v) is 8.84. The third kappa shape index (κ3) is 3.33. The van der Waals surface area contributed by atoms with Crippen molar-refractivity contribution in [3.63, 3.8) is 0 Å². The molecule has 0 amide bonds. The van der Waals surface area contributed by atoms with Crippen molar-refractivity contribution in [3.8, 4) is 11.8 Å². The van der Waals surface area contributed by atoms with Crippen molar-refractivity contribution < 1.29 is 9.84 Å². The van der Waals surface area contributed by atoms with Gasteiger partial charge in [-0.05, 0) is 26.8 Å². The summed E-state index contributed by atoms with van der Waals surface area (Å²) in [4.78, 5) is 4.79. The Morgan fingerprint density at radius 2 is 1.95 bits per heavy atom. The molecule has 0 bridgehead atoms. The maximum Gasteiger partial charge on any atom is 0.131 e. The van der Waals surface area contributed by atoms with E-state index in [0.717, 1.165) is 45.7 Å². The van der Waals surface area contributed by atoms with E-state index in [9.17, 15) is 5.11 Å². The van der Waals surface area contributed by atoms with Gasteiger partial charge in [-0.3, -0.25) is 4.90 Å². The zero-order valence-electron chi connectivity index (χ0n) is 14.1. The molecular formula is C18H30N2O2. The number of aliphatic hydroxyl groups is 1. The van der Waals surface area contributed by atoms with Crippen molar-refractivity contribution in [1.29, 1.82) is 0 Å². The first kappa shape index (κ1) is 16.3. The van der Waals surface area contributed by atoms with Crippen LogP contribution in [0.5, 0.6) is 0 Å². The molecule has 1 N–H and O–H groups in total. The lowest BCUT2D eigenvalue weighted by molar-refractivity contribution is -0.0914. The number of nitrogens with zero attached hydrogens (tertiary/aromatic N) is 2. The van der Waals surface area contributed by atoms with Crippen LogP contribution in [-0.2, 0) is 4.74 Å². The van der Waals surface area contributed by atoms with Crippen molar-refractivity contribution in [2.75, 3.05) is 39.9 Å². The van der Waals surface area contributed by atoms with Gasteiger partial charge in [0, 0.05) is 37.5 Å². The summed E-state index contributed by atoms with van der Waals surface area (Å²) in [6.45, 7) is 6.50. The lowest BCUT2D eigenvalue weighted by Crippen LogP contribution is -2.60. The predicted octanol–water partition coefficient (Wildman–Crippen LogP) is 1.34. The monoisotopic (exact) mass is 306 g/mol. The van der Waals surface area contributed by atoms with Crippen LogP contribution in [0.4, 0.5) is 0 Å². The van der Waals surface area contributed by atoms with E-state index < -0.39 is 5.60 Å². The fraction of sp³-hybridized carbons (Fsp3) is 0.889. The molecule has 0 unspecified atom stereocenters. The summed E-state index contributed by atoms with van der Waals surface area (Å²) in [6.07, 6.45) is 5.62. The van der Waals surface area contributed by atoms with Gasteiger partial charge in [-0.25, -0.2) is 0 Å². The van der Waals surface area contributed by atoms with Crippen LogP contribution in [0.1, 0.15) is 39.0 Å². The van der Waals surface area contributed by atoms with E-state index in [4.69, 9.17) is 4.74 Å². The van der Waals surface area contributed by atoms with Crippen LogP contribution in [0.2, 0.25) is 0 Å². The van der Waals surface area contributed by atoms with Crippen LogP contribution in [-0.4, -0.2) is 72.5 Å². The van der Waals surface area contributed by atoms with Crippen LogP contribution in [0.15, 0.2) is 0 Å². The van der Waals surface area contributed by atoms with Gasteiger partial charge in [0.25, 0.3) is 0 Å². The van der Waals surface area contributed by atoms with Crippen molar-refractivity contribution in [2.24, 2.45) is 5.92 Å². The Morgan fingerprint density at radius 1 is 1.23 bits per heavy atom. The fourth-order valence-electron chi connectivity index (χ4n) is 4.44. The smallest absolute Gasteiger partial charge is 0.131 e. The summed E-state index contributed by atoms with van der Waals surface area (Å²) >= 11 is 0. The molecule has 3 aliphatic rings. The summed E-state index contributed by atoms with van der Waals surface area (Å²) in [5.41, 5.74) is -0.788. The maximum absolute atomic E-state index is 11.2. The summed E-state index contributed by atoms with van der Waals surface area (Å²) in [6, 6.07) is 0.905. The molecule has 2 heterocycles. The van der Waals surface area contributed by atoms with E-state index in [0.29, 0.717) is 18.0 Å². The van der Waals surface area contributed by atoms with Crippen LogP contribution in [0.3, 0.4) is 0 Å². The lowest BCUT2D eigenvalue weighted by atomic mass is 9.67. The number of morpholine rings is 1. The highest BCUT2D eigenvalue weighted by atomic mass is 16.5. The highest BCUT2D eigenvalue weighted by Gasteiger charge is 2.48. The Morgan fingerprint density at radius 3 is 2.73 bits per heavy atom. The molecule has 2 saturated heterocycles. The zero-order valence-corrected chi connectivity index (χ0v) is 14.1. The first-order valence-electron chi connectivity index (χ1n) is 8.84. The number of ether oxygens (including phenoxy) is 1. The van der Waals surface area contributed by atoms with E-state index in [2.05, 4.69) is 35.6 Å². The van der Waals surface area contributed by atoms with E-state index >= 15 is 0 Å². The average molecular weight is 306 g/mol. The van der Waals surface area contributed by atoms with Crippen molar-refractivity contribution >= 4 is 0 Å². The summed E-state index contributed by atoms with van der Waals surface area (Å²) in [5.74, 6) is 6.90. The minimum absolute atomic E-state index is 0.319. The van der Waals surface area contributed by atoms with Crippen LogP contribution in [0.25, 0.3) is 0 Å². The Bertz CT molecular complexity index is 438. The minimum Gasteiger partial charge on any atom is -0.379 e. The standard InChI is InChI=1S/C18H30N2O2/c1-15-14-18(21,8-5-9-20-10-12-22-13-11-20)16-6-3-4-7-17(16)19(15)2/h15-17,21H,3-4,6-7,9-14H2,1-2H3/t15-,16+,17+,18+/m1/s1. The molecule has 0 aromatic rings. The highest BCUT2D eigenvalue weighted by molar-refractivity contribution is 5.21. The van der Waals surface area contributed by atoms with E-state index in [-0.39, 0.29) is 0 Å². The van der Waals surface area contributed by atoms with Gasteiger partial charge in [0.2, 0.25) is 0 Å². The van der Waals surface area contributed by atoms with Gasteiger partial charge < -0.3 is 14.7 Å². The molecule has 3 rings (SSSR count). The SMILES string of the molecule is C[C@@H]1C[C@@](O)(C#CCN2CCOCC2)[C@H]2CCCC[C@@H]2N1C. The fourth-order valence-corrected chi connectivity index (χ4v) is 4.44. The van der Waals surface area contributed by atoms with Gasteiger partial charge in [-0.15, -0.1) is 0 Å². The van der Waals surface area contributed by atoms with Gasteiger partial charge in [-0.1, -0.05) is 24.7 Å². The Labute approximate surface area is 134 Å². The summed E-state index contributed by atoms with van der Waals surface area (Å²) in [7, 11) is 2.22. The number of likely N-dealkylation sites (tertiary alicyclic amines) is 1. The van der Waals surface area contributed by atoms with Gasteiger partial charge in [0.1, 0.15) is 5.60 Å². The van der Waals surface area contributed by atoms with Crippen molar-refractivity contribution in [2.45, 2.75) is 56.7 Å². The second-order valence-electron chi connectivity index (χ2n) is 7.29. The molecule has 0 spiro atoms.